The van der Waals surface area contributed by atoms with Gasteiger partial charge in [-0.1, -0.05) is 26.8 Å². The van der Waals surface area contributed by atoms with Gasteiger partial charge in [-0.3, -0.25) is 4.79 Å². The Bertz CT molecular complexity index is 459. The third-order valence-corrected chi connectivity index (χ3v) is 5.18. The number of allylic oxidation sites excluding steroid dienone is 3. The van der Waals surface area contributed by atoms with E-state index in [1.807, 2.05) is 6.08 Å². The number of carbonyl (C=O) groups excluding carboxylic acids is 1. The third-order valence-electron chi connectivity index (χ3n) is 4.35. The number of methoxy groups -OCH3 is 1. The van der Waals surface area contributed by atoms with E-state index < -0.39 is 8.32 Å². The van der Waals surface area contributed by atoms with Gasteiger partial charge in [-0.2, -0.15) is 0 Å². The summed E-state index contributed by atoms with van der Waals surface area (Å²) >= 11 is 0. The smallest absolute Gasteiger partial charge is 0.305 e. The summed E-state index contributed by atoms with van der Waals surface area (Å²) in [5.41, 5.74) is -0.0813. The average Bonchev–Trinajstić information content (AvgIpc) is 2.59. The highest BCUT2D eigenvalue weighted by Crippen LogP contribution is 2.56. The Morgan fingerprint density at radius 3 is 2.50 bits per heavy atom. The largest absolute Gasteiger partial charge is 0.547 e. The molecular weight excluding hydrogens is 292 g/mol. The van der Waals surface area contributed by atoms with Crippen LogP contribution in [0.4, 0.5) is 0 Å². The second kappa shape index (κ2) is 6.61. The average molecular weight is 325 g/mol. The molecule has 1 rings (SSSR count). The van der Waals surface area contributed by atoms with Gasteiger partial charge in [-0.25, -0.2) is 0 Å². The fourth-order valence-electron chi connectivity index (χ4n) is 3.49. The molecule has 0 heterocycles. The molecule has 0 aromatic carbocycles. The van der Waals surface area contributed by atoms with Crippen LogP contribution in [0.25, 0.3) is 0 Å². The monoisotopic (exact) mass is 324 g/mol. The highest BCUT2D eigenvalue weighted by Gasteiger charge is 2.50. The van der Waals surface area contributed by atoms with Gasteiger partial charge in [0, 0.05) is 11.8 Å². The van der Waals surface area contributed by atoms with E-state index in [4.69, 9.17) is 9.16 Å². The van der Waals surface area contributed by atoms with Crippen molar-refractivity contribution in [2.75, 3.05) is 7.11 Å². The van der Waals surface area contributed by atoms with Crippen molar-refractivity contribution in [3.8, 4) is 0 Å². The van der Waals surface area contributed by atoms with Gasteiger partial charge in [0.15, 0.2) is 0 Å². The van der Waals surface area contributed by atoms with Crippen molar-refractivity contribution in [3.05, 3.63) is 24.5 Å². The van der Waals surface area contributed by atoms with Crippen LogP contribution in [0.2, 0.25) is 19.6 Å². The van der Waals surface area contributed by atoms with Crippen molar-refractivity contribution in [3.63, 3.8) is 0 Å². The molecule has 0 unspecified atom stereocenters. The fourth-order valence-corrected chi connectivity index (χ4v) is 4.41. The highest BCUT2D eigenvalue weighted by atomic mass is 28.4. The van der Waals surface area contributed by atoms with Crippen LogP contribution in [0.1, 0.15) is 40.0 Å². The van der Waals surface area contributed by atoms with Gasteiger partial charge >= 0.3 is 5.97 Å². The zero-order valence-corrected chi connectivity index (χ0v) is 16.3. The number of rotatable bonds is 7. The predicted octanol–water partition coefficient (Wildman–Crippen LogP) is 4.91. The summed E-state index contributed by atoms with van der Waals surface area (Å²) in [7, 11) is -0.268. The summed E-state index contributed by atoms with van der Waals surface area (Å²) in [6.45, 7) is 17.1. The summed E-state index contributed by atoms with van der Waals surface area (Å²) in [5.74, 6) is 1.06. The van der Waals surface area contributed by atoms with E-state index in [0.29, 0.717) is 6.42 Å². The summed E-state index contributed by atoms with van der Waals surface area (Å²) in [5, 5.41) is 0. The maximum absolute atomic E-state index is 11.8. The van der Waals surface area contributed by atoms with E-state index in [1.54, 1.807) is 0 Å². The quantitative estimate of drug-likeness (QED) is 0.379. The molecule has 0 fully saturated rings. The van der Waals surface area contributed by atoms with Crippen LogP contribution >= 0.6 is 0 Å². The molecule has 0 saturated heterocycles. The molecule has 0 amide bonds. The standard InChI is InChI=1S/C18H32O3Si/c1-9-10-18(14(2)11-16(19)20-5)13-17(3,4)12-15(18)21-22(6,7)8/h9,12,14H,1,10-11,13H2,2-8H3/t14-,18+/m0/s1. The molecule has 0 radical (unpaired) electrons. The Labute approximate surface area is 136 Å². The minimum Gasteiger partial charge on any atom is -0.547 e. The maximum Gasteiger partial charge on any atom is 0.305 e. The Balaban J connectivity index is 3.21. The molecule has 0 N–H and O–H groups in total. The number of hydrogen-bond acceptors (Lipinski definition) is 3. The first-order valence-electron chi connectivity index (χ1n) is 8.06. The molecule has 0 saturated carbocycles. The minimum atomic E-state index is -1.72. The zero-order valence-electron chi connectivity index (χ0n) is 15.3. The normalized spacial score (nSPS) is 25.3. The maximum atomic E-state index is 11.8. The Morgan fingerprint density at radius 1 is 1.45 bits per heavy atom. The van der Waals surface area contributed by atoms with Gasteiger partial charge in [0.25, 0.3) is 0 Å². The van der Waals surface area contributed by atoms with Crippen LogP contribution in [-0.4, -0.2) is 21.4 Å². The van der Waals surface area contributed by atoms with Crippen molar-refractivity contribution in [2.24, 2.45) is 16.7 Å². The second-order valence-electron chi connectivity index (χ2n) is 8.22. The van der Waals surface area contributed by atoms with Crippen LogP contribution in [0.3, 0.4) is 0 Å². The van der Waals surface area contributed by atoms with E-state index in [2.05, 4.69) is 53.1 Å². The van der Waals surface area contributed by atoms with E-state index in [1.165, 1.54) is 7.11 Å². The van der Waals surface area contributed by atoms with E-state index in [-0.39, 0.29) is 22.7 Å². The van der Waals surface area contributed by atoms with E-state index >= 15 is 0 Å². The first kappa shape index (κ1) is 19.0. The van der Waals surface area contributed by atoms with Gasteiger partial charge in [0.1, 0.15) is 0 Å². The lowest BCUT2D eigenvalue weighted by Gasteiger charge is -2.40. The van der Waals surface area contributed by atoms with Crippen LogP contribution in [0, 0.1) is 16.7 Å². The van der Waals surface area contributed by atoms with Crippen molar-refractivity contribution in [1.29, 1.82) is 0 Å². The van der Waals surface area contributed by atoms with Gasteiger partial charge in [0.05, 0.1) is 12.9 Å². The molecule has 3 nitrogen and oxygen atoms in total. The first-order valence-corrected chi connectivity index (χ1v) is 11.5. The molecule has 0 bridgehead atoms. The van der Waals surface area contributed by atoms with Crippen molar-refractivity contribution >= 4 is 14.3 Å². The number of hydrogen-bond donors (Lipinski definition) is 0. The van der Waals surface area contributed by atoms with Crippen molar-refractivity contribution in [2.45, 2.75) is 59.7 Å². The van der Waals surface area contributed by atoms with Crippen molar-refractivity contribution < 1.29 is 14.0 Å². The summed E-state index contributed by atoms with van der Waals surface area (Å²) in [6.07, 6.45) is 6.43. The highest BCUT2D eigenvalue weighted by molar-refractivity contribution is 6.70. The lowest BCUT2D eigenvalue weighted by Crippen LogP contribution is -2.36. The Morgan fingerprint density at radius 2 is 2.05 bits per heavy atom. The fraction of sp³-hybridized carbons (Fsp3) is 0.722. The molecular formula is C18H32O3Si. The van der Waals surface area contributed by atoms with Gasteiger partial charge in [-0.15, -0.1) is 6.58 Å². The number of esters is 1. The topological polar surface area (TPSA) is 35.5 Å². The first-order chi connectivity index (χ1) is 9.96. The molecule has 2 atom stereocenters. The number of ether oxygens (including phenoxy) is 1. The van der Waals surface area contributed by atoms with E-state index in [0.717, 1.165) is 18.6 Å². The molecule has 1 aliphatic carbocycles. The minimum absolute atomic E-state index is 0.0718. The van der Waals surface area contributed by atoms with E-state index in [9.17, 15) is 4.79 Å². The van der Waals surface area contributed by atoms with Gasteiger partial charge in [0.2, 0.25) is 8.32 Å². The molecule has 0 aliphatic heterocycles. The molecule has 0 aromatic heterocycles. The Hall–Kier alpha value is -1.03. The molecule has 4 heteroatoms. The van der Waals surface area contributed by atoms with Crippen LogP contribution < -0.4 is 0 Å². The summed E-state index contributed by atoms with van der Waals surface area (Å²) < 4.78 is 11.3. The molecule has 0 aromatic rings. The van der Waals surface area contributed by atoms with Crippen LogP contribution in [0.5, 0.6) is 0 Å². The van der Waals surface area contributed by atoms with Gasteiger partial charge in [-0.05, 0) is 49.9 Å². The molecule has 22 heavy (non-hydrogen) atoms. The second-order valence-corrected chi connectivity index (χ2v) is 12.6. The van der Waals surface area contributed by atoms with Gasteiger partial charge < -0.3 is 9.16 Å². The predicted molar refractivity (Wildman–Crippen MR) is 94.0 cm³/mol. The lowest BCUT2D eigenvalue weighted by molar-refractivity contribution is -0.142. The molecule has 1 aliphatic rings. The number of carbonyl (C=O) groups is 1. The molecule has 126 valence electrons. The summed E-state index contributed by atoms with van der Waals surface area (Å²) in [4.78, 5) is 11.8. The lowest BCUT2D eigenvalue weighted by atomic mass is 9.68. The third kappa shape index (κ3) is 4.48. The summed E-state index contributed by atoms with van der Waals surface area (Å²) in [6, 6.07) is 0. The zero-order chi connectivity index (χ0) is 17.2. The SMILES string of the molecule is C=CC[C@]1([C@@H](C)CC(=O)OC)CC(C)(C)C=C1O[Si](C)(C)C. The Kier molecular flexibility index (Phi) is 5.71. The van der Waals surface area contributed by atoms with Crippen LogP contribution in [-0.2, 0) is 14.0 Å². The van der Waals surface area contributed by atoms with Crippen LogP contribution in [0.15, 0.2) is 24.5 Å². The molecule has 0 spiro atoms. The van der Waals surface area contributed by atoms with Crippen molar-refractivity contribution in [1.82, 2.24) is 0 Å².